The molecule has 2 aromatic heterocycles. The van der Waals surface area contributed by atoms with Crippen molar-refractivity contribution in [3.63, 3.8) is 0 Å². The molecule has 3 unspecified atom stereocenters. The Morgan fingerprint density at radius 2 is 1.68 bits per heavy atom. The molecule has 0 bridgehead atoms. The highest BCUT2D eigenvalue weighted by molar-refractivity contribution is 7.71. The predicted octanol–water partition coefficient (Wildman–Crippen LogP) is -2.93. The molecule has 15 nitrogen and oxygen atoms in total. The summed E-state index contributed by atoms with van der Waals surface area (Å²) in [7, 11) is -11.0. The molecule has 0 aromatic carbocycles. The minimum atomic E-state index is -5.52. The third-order valence-electron chi connectivity index (χ3n) is 4.27. The van der Waals surface area contributed by atoms with Crippen LogP contribution in [0, 0.1) is 0 Å². The molecule has 156 valence electrons. The molecule has 0 saturated carbocycles. The lowest BCUT2D eigenvalue weighted by Gasteiger charge is -2.29. The van der Waals surface area contributed by atoms with Gasteiger partial charge in [0.05, 0.1) is 6.33 Å². The molecule has 0 spiro atoms. The first-order valence-electron chi connectivity index (χ1n) is 7.57. The van der Waals surface area contributed by atoms with E-state index in [4.69, 9.17) is 10.5 Å². The number of anilines is 1. The summed E-state index contributed by atoms with van der Waals surface area (Å²) in [5.74, 6) is 0.0106. The van der Waals surface area contributed by atoms with Gasteiger partial charge < -0.3 is 45.4 Å². The lowest BCUT2D eigenvalue weighted by Crippen LogP contribution is -2.44. The maximum Gasteiger partial charge on any atom is 0.343 e. The maximum absolute atomic E-state index is 11.5. The molecule has 3 rings (SSSR count). The zero-order valence-corrected chi connectivity index (χ0v) is 15.5. The van der Waals surface area contributed by atoms with Crippen LogP contribution in [0.4, 0.5) is 5.82 Å². The fourth-order valence-electron chi connectivity index (χ4n) is 3.02. The molecule has 2 aromatic rings. The second-order valence-electron chi connectivity index (χ2n) is 6.14. The zero-order valence-electron chi connectivity index (χ0n) is 13.7. The van der Waals surface area contributed by atoms with Gasteiger partial charge in [0, 0.05) is 0 Å². The molecule has 0 radical (unpaired) electrons. The van der Waals surface area contributed by atoms with Crippen LogP contribution < -0.4 is 5.73 Å². The Morgan fingerprint density at radius 1 is 1.07 bits per heavy atom. The summed E-state index contributed by atoms with van der Waals surface area (Å²) in [6.45, 7) is 0. The number of nitrogens with zero attached hydrogens (tertiary/aromatic N) is 4. The van der Waals surface area contributed by atoms with Crippen LogP contribution in [-0.4, -0.2) is 84.2 Å². The molecule has 28 heavy (non-hydrogen) atoms. The second-order valence-corrected chi connectivity index (χ2v) is 10.0. The number of hydrogen-bond acceptors (Lipinski definition) is 10. The molecular formula is C11H17N5O10P2. The van der Waals surface area contributed by atoms with E-state index in [-0.39, 0.29) is 17.0 Å². The van der Waals surface area contributed by atoms with E-state index in [1.165, 1.54) is 0 Å². The van der Waals surface area contributed by atoms with Gasteiger partial charge in [-0.3, -0.25) is 13.7 Å². The highest BCUT2D eigenvalue weighted by Gasteiger charge is 2.57. The van der Waals surface area contributed by atoms with E-state index in [9.17, 15) is 44.0 Å². The van der Waals surface area contributed by atoms with Gasteiger partial charge in [-0.15, -0.1) is 0 Å². The molecule has 1 aliphatic rings. The Morgan fingerprint density at radius 3 is 2.25 bits per heavy atom. The molecule has 17 heteroatoms. The fraction of sp³-hybridized carbons (Fsp3) is 0.545. The van der Waals surface area contributed by atoms with Gasteiger partial charge in [0.1, 0.15) is 36.3 Å². The van der Waals surface area contributed by atoms with Crippen molar-refractivity contribution in [2.24, 2.45) is 0 Å². The first kappa shape index (κ1) is 21.2. The van der Waals surface area contributed by atoms with E-state index in [0.29, 0.717) is 0 Å². The summed E-state index contributed by atoms with van der Waals surface area (Å²) in [4.78, 5) is 48.5. The Hall–Kier alpha value is -1.51. The van der Waals surface area contributed by atoms with Crippen molar-refractivity contribution in [3.8, 4) is 0 Å². The minimum Gasteiger partial charge on any atom is -0.389 e. The molecular weight excluding hydrogens is 424 g/mol. The number of aliphatic hydroxyl groups is 3. The van der Waals surface area contributed by atoms with Crippen LogP contribution in [0.15, 0.2) is 12.7 Å². The van der Waals surface area contributed by atoms with Gasteiger partial charge in [-0.25, -0.2) is 15.0 Å². The average molecular weight is 441 g/mol. The predicted molar refractivity (Wildman–Crippen MR) is 89.5 cm³/mol. The number of aromatic nitrogens is 4. The number of hydrogen-bond donors (Lipinski definition) is 8. The van der Waals surface area contributed by atoms with E-state index in [0.717, 1.165) is 17.2 Å². The molecule has 1 aliphatic heterocycles. The van der Waals surface area contributed by atoms with Crippen molar-refractivity contribution in [3.05, 3.63) is 12.7 Å². The average Bonchev–Trinajstić information content (AvgIpc) is 3.08. The third kappa shape index (κ3) is 3.57. The molecule has 3 heterocycles. The highest BCUT2D eigenvalue weighted by Crippen LogP contribution is 2.62. The van der Waals surface area contributed by atoms with E-state index >= 15 is 0 Å². The monoisotopic (exact) mass is 441 g/mol. The summed E-state index contributed by atoms with van der Waals surface area (Å²) < 4.78 is 29.4. The van der Waals surface area contributed by atoms with E-state index in [1.54, 1.807) is 0 Å². The van der Waals surface area contributed by atoms with Crippen molar-refractivity contribution >= 4 is 32.2 Å². The normalized spacial score (nSPS) is 27.6. The van der Waals surface area contributed by atoms with Gasteiger partial charge in [-0.2, -0.15) is 0 Å². The largest absolute Gasteiger partial charge is 0.389 e. The van der Waals surface area contributed by atoms with Crippen LogP contribution in [0.2, 0.25) is 0 Å². The summed E-state index contributed by atoms with van der Waals surface area (Å²) in [6, 6.07) is 0. The lowest BCUT2D eigenvalue weighted by molar-refractivity contribution is -0.0815. The van der Waals surface area contributed by atoms with Crippen LogP contribution in [0.3, 0.4) is 0 Å². The first-order valence-corrected chi connectivity index (χ1v) is 10.9. The van der Waals surface area contributed by atoms with E-state index in [2.05, 4.69) is 15.0 Å². The third-order valence-corrected chi connectivity index (χ3v) is 8.06. The van der Waals surface area contributed by atoms with Gasteiger partial charge >= 0.3 is 15.2 Å². The van der Waals surface area contributed by atoms with Crippen molar-refractivity contribution in [2.45, 2.75) is 36.0 Å². The van der Waals surface area contributed by atoms with Crippen LogP contribution in [0.25, 0.3) is 11.2 Å². The minimum absolute atomic E-state index is 0.0106. The zero-order chi connectivity index (χ0) is 21.0. The fourth-order valence-corrected chi connectivity index (χ4v) is 5.72. The number of rotatable bonds is 5. The summed E-state index contributed by atoms with van der Waals surface area (Å²) in [5, 5.41) is 27.8. The van der Waals surface area contributed by atoms with Gasteiger partial charge in [-0.05, 0) is 0 Å². The number of nitrogen functional groups attached to an aromatic ring is 1. The Kier molecular flexibility index (Phi) is 5.36. The molecule has 0 aliphatic carbocycles. The number of nitrogens with two attached hydrogens (primary N) is 1. The number of imidazole rings is 1. The molecule has 9 N–H and O–H groups in total. The van der Waals surface area contributed by atoms with Gasteiger partial charge in [0.25, 0.3) is 0 Å². The van der Waals surface area contributed by atoms with Crippen molar-refractivity contribution < 1.29 is 48.8 Å². The molecule has 1 saturated heterocycles. The van der Waals surface area contributed by atoms with Gasteiger partial charge in [-0.1, -0.05) is 0 Å². The Labute approximate surface area is 155 Å². The van der Waals surface area contributed by atoms with E-state index < -0.39 is 51.2 Å². The van der Waals surface area contributed by atoms with E-state index in [1.807, 2.05) is 0 Å². The SMILES string of the molecule is Nc1ncnc2c1ncn2[C@@H]1O[C@H](C(O)C(P(=O)(O)O)P(=O)(O)O)C(O)C1O. The molecule has 0 amide bonds. The van der Waals surface area contributed by atoms with Crippen molar-refractivity contribution in [2.75, 3.05) is 5.73 Å². The lowest BCUT2D eigenvalue weighted by atomic mass is 10.1. The quantitative estimate of drug-likeness (QED) is 0.216. The molecule has 5 atom stereocenters. The number of aliphatic hydroxyl groups excluding tert-OH is 3. The Bertz CT molecular complexity index is 952. The molecule has 1 fully saturated rings. The maximum atomic E-state index is 11.5. The second kappa shape index (κ2) is 7.07. The number of ether oxygens (including phenoxy) is 1. The highest BCUT2D eigenvalue weighted by atomic mass is 31.2. The summed E-state index contributed by atoms with van der Waals surface area (Å²) in [6.07, 6.45) is -7.39. The first-order chi connectivity index (χ1) is 12.8. The van der Waals surface area contributed by atoms with Crippen molar-refractivity contribution in [1.82, 2.24) is 19.5 Å². The van der Waals surface area contributed by atoms with Gasteiger partial charge in [0.2, 0.25) is 0 Å². The van der Waals surface area contributed by atoms with Crippen LogP contribution in [0.5, 0.6) is 0 Å². The van der Waals surface area contributed by atoms with Crippen molar-refractivity contribution in [1.29, 1.82) is 0 Å². The van der Waals surface area contributed by atoms with Crippen LogP contribution >= 0.6 is 15.2 Å². The number of fused-ring (bicyclic) bond motifs is 1. The van der Waals surface area contributed by atoms with Gasteiger partial charge in [0.15, 0.2) is 23.1 Å². The Balaban J connectivity index is 1.97. The topological polar surface area (TPSA) is 255 Å². The van der Waals surface area contributed by atoms with Crippen LogP contribution in [-0.2, 0) is 13.9 Å². The summed E-state index contributed by atoms with van der Waals surface area (Å²) >= 11 is 0. The summed E-state index contributed by atoms with van der Waals surface area (Å²) in [5.41, 5.74) is 5.87. The van der Waals surface area contributed by atoms with Crippen LogP contribution in [0.1, 0.15) is 6.23 Å². The standard InChI is InChI=1S/C11H17N5O10P2/c12-8-3-9(14-1-13-8)16(2-15-3)10-5(18)4(17)7(26-10)6(19)11(27(20,21)22)28(23,24)25/h1-2,4-7,10-11,17-19H,(H2,12,13,14)(H2,20,21,22)(H2,23,24,25)/t4?,5?,6?,7-,10+/m0/s1. The smallest absolute Gasteiger partial charge is 0.343 e.